The van der Waals surface area contributed by atoms with Crippen LogP contribution in [0.3, 0.4) is 0 Å². The largest absolute Gasteiger partial charge is 0.308 e. The molecule has 196 valence electrons. The van der Waals surface area contributed by atoms with Crippen LogP contribution in [0.1, 0.15) is 32.8 Å². The molecule has 2 aromatic rings. The maximum Gasteiger partial charge on any atom is 0.243 e. The minimum Gasteiger partial charge on any atom is -0.308 e. The first-order chi connectivity index (χ1) is 17.4. The topological polar surface area (TPSA) is 55.9 Å². The molecule has 2 aliphatic heterocycles. The summed E-state index contributed by atoms with van der Waals surface area (Å²) in [5, 5.41) is 1.97. The Balaban J connectivity index is 1.47. The number of anilines is 1. The molecule has 0 bridgehead atoms. The number of sulfonamides is 1. The number of hydrogen-bond donors (Lipinski definition) is 1. The van der Waals surface area contributed by atoms with Gasteiger partial charge in [-0.2, -0.15) is 4.31 Å². The van der Waals surface area contributed by atoms with Crippen LogP contribution in [-0.2, 0) is 15.4 Å². The van der Waals surface area contributed by atoms with E-state index in [4.69, 9.17) is 0 Å². The summed E-state index contributed by atoms with van der Waals surface area (Å²) in [7, 11) is 0.447. The zero-order valence-electron chi connectivity index (χ0n) is 22.1. The minimum atomic E-state index is -3.62. The molecule has 8 heteroatoms. The average molecular weight is 523 g/mol. The van der Waals surface area contributed by atoms with E-state index >= 15 is 0 Å². The number of hydrogen-bond acceptors (Lipinski definition) is 5. The van der Waals surface area contributed by atoms with Crippen molar-refractivity contribution in [1.29, 1.82) is 0 Å². The second-order valence-corrected chi connectivity index (χ2v) is 13.2. The van der Waals surface area contributed by atoms with Crippen molar-refractivity contribution < 1.29 is 12.8 Å². The Hall–Kier alpha value is -2.94. The SMILES string of the molecule is CN(C)C[C@@H]1C2=CNN(c3ccc(F)cc3)C2=CC2=C1CN(S(=O)(=O)c1ccc(C(C)(C)C)cc1)CC2. The van der Waals surface area contributed by atoms with Gasteiger partial charge in [-0.3, -0.25) is 5.01 Å². The van der Waals surface area contributed by atoms with Gasteiger partial charge in [0.2, 0.25) is 10.0 Å². The summed E-state index contributed by atoms with van der Waals surface area (Å²) in [6, 6.07) is 13.7. The molecule has 2 heterocycles. The molecule has 6 nitrogen and oxygen atoms in total. The van der Waals surface area contributed by atoms with E-state index in [0.717, 1.165) is 34.6 Å². The first-order valence-electron chi connectivity index (χ1n) is 12.7. The molecule has 37 heavy (non-hydrogen) atoms. The highest BCUT2D eigenvalue weighted by molar-refractivity contribution is 7.89. The van der Waals surface area contributed by atoms with Crippen molar-refractivity contribution in [3.8, 4) is 0 Å². The third kappa shape index (κ3) is 4.85. The molecule has 3 aliphatic rings. The number of fused-ring (bicyclic) bond motifs is 1. The number of rotatable bonds is 5. The quantitative estimate of drug-likeness (QED) is 0.612. The van der Waals surface area contributed by atoms with Gasteiger partial charge in [0, 0.05) is 37.3 Å². The molecule has 0 amide bonds. The van der Waals surface area contributed by atoms with Crippen LogP contribution < -0.4 is 10.4 Å². The van der Waals surface area contributed by atoms with Crippen LogP contribution in [-0.4, -0.2) is 51.4 Å². The van der Waals surface area contributed by atoms with Gasteiger partial charge >= 0.3 is 0 Å². The first-order valence-corrected chi connectivity index (χ1v) is 14.1. The van der Waals surface area contributed by atoms with Crippen LogP contribution in [0.5, 0.6) is 0 Å². The lowest BCUT2D eigenvalue weighted by molar-refractivity contribution is 0.346. The summed E-state index contributed by atoms with van der Waals surface area (Å²) in [5.41, 5.74) is 9.74. The second-order valence-electron chi connectivity index (χ2n) is 11.3. The van der Waals surface area contributed by atoms with Crippen molar-refractivity contribution >= 4 is 15.7 Å². The third-order valence-electron chi connectivity index (χ3n) is 7.37. The number of hydrazine groups is 1. The Morgan fingerprint density at radius 3 is 2.35 bits per heavy atom. The fourth-order valence-electron chi connectivity index (χ4n) is 5.32. The lowest BCUT2D eigenvalue weighted by Gasteiger charge is -2.38. The molecule has 1 N–H and O–H groups in total. The molecule has 1 aliphatic carbocycles. The van der Waals surface area contributed by atoms with Crippen molar-refractivity contribution in [2.45, 2.75) is 37.5 Å². The Kier molecular flexibility index (Phi) is 6.54. The number of nitrogens with one attached hydrogen (secondary N) is 1. The van der Waals surface area contributed by atoms with Crippen LogP contribution in [0.25, 0.3) is 0 Å². The predicted octanol–water partition coefficient (Wildman–Crippen LogP) is 4.80. The molecule has 0 aromatic heterocycles. The highest BCUT2D eigenvalue weighted by Crippen LogP contribution is 2.43. The maximum absolute atomic E-state index is 13.7. The molecule has 5 rings (SSSR count). The molecule has 0 saturated carbocycles. The van der Waals surface area contributed by atoms with Gasteiger partial charge in [0.1, 0.15) is 5.82 Å². The van der Waals surface area contributed by atoms with Crippen LogP contribution in [0.2, 0.25) is 0 Å². The average Bonchev–Trinajstić information content (AvgIpc) is 3.27. The summed E-state index contributed by atoms with van der Waals surface area (Å²) >= 11 is 0. The van der Waals surface area contributed by atoms with E-state index in [1.807, 2.05) is 37.4 Å². The zero-order chi connectivity index (χ0) is 26.5. The summed E-state index contributed by atoms with van der Waals surface area (Å²) in [6.07, 6.45) is 4.80. The number of benzene rings is 2. The molecular formula is C29H35FN4O2S. The molecule has 0 radical (unpaired) electrons. The summed E-state index contributed by atoms with van der Waals surface area (Å²) in [5.74, 6) is -0.227. The predicted molar refractivity (Wildman–Crippen MR) is 146 cm³/mol. The van der Waals surface area contributed by atoms with E-state index in [2.05, 4.69) is 37.2 Å². The lowest BCUT2D eigenvalue weighted by Crippen LogP contribution is -2.42. The Morgan fingerprint density at radius 1 is 1.05 bits per heavy atom. The number of allylic oxidation sites excluding steroid dienone is 2. The summed E-state index contributed by atoms with van der Waals surface area (Å²) in [4.78, 5) is 2.48. The summed E-state index contributed by atoms with van der Waals surface area (Å²) < 4.78 is 42.5. The van der Waals surface area contributed by atoms with Crippen molar-refractivity contribution in [3.63, 3.8) is 0 Å². The van der Waals surface area contributed by atoms with Gasteiger partial charge < -0.3 is 10.3 Å². The van der Waals surface area contributed by atoms with Crippen LogP contribution in [0.15, 0.2) is 88.1 Å². The van der Waals surface area contributed by atoms with Gasteiger partial charge in [0.15, 0.2) is 0 Å². The minimum absolute atomic E-state index is 0.0382. The second kappa shape index (κ2) is 9.42. The van der Waals surface area contributed by atoms with E-state index in [0.29, 0.717) is 24.4 Å². The standard InChI is InChI=1S/C29H35FN4O2S/c1-29(2,3)21-6-12-24(13-7-21)37(35,36)33-15-14-20-16-28-25(27(18-32(4)5)26(20)19-33)17-31-34(28)23-10-8-22(30)9-11-23/h6-13,16-17,27,31H,14-15,18-19H2,1-5H3/t27-/m1/s1. The number of halogens is 1. The van der Waals surface area contributed by atoms with E-state index in [-0.39, 0.29) is 17.2 Å². The van der Waals surface area contributed by atoms with Crippen molar-refractivity contribution in [3.05, 3.63) is 94.6 Å². The monoisotopic (exact) mass is 522 g/mol. The molecule has 0 saturated heterocycles. The molecule has 0 spiro atoms. The van der Waals surface area contributed by atoms with Gasteiger partial charge in [-0.15, -0.1) is 0 Å². The molecule has 2 aromatic carbocycles. The normalized spacial score (nSPS) is 20.4. The Labute approximate surface area is 219 Å². The first kappa shape index (κ1) is 25.7. The highest BCUT2D eigenvalue weighted by Gasteiger charge is 2.39. The van der Waals surface area contributed by atoms with Gasteiger partial charge in [-0.05, 0) is 85.1 Å². The smallest absolute Gasteiger partial charge is 0.243 e. The Bertz CT molecular complexity index is 1380. The van der Waals surface area contributed by atoms with Crippen molar-refractivity contribution in [2.75, 3.05) is 38.7 Å². The summed E-state index contributed by atoms with van der Waals surface area (Å²) in [6.45, 7) is 7.92. The van der Waals surface area contributed by atoms with E-state index in [1.165, 1.54) is 17.7 Å². The van der Waals surface area contributed by atoms with Crippen molar-refractivity contribution in [2.24, 2.45) is 5.92 Å². The van der Waals surface area contributed by atoms with Gasteiger partial charge in [0.25, 0.3) is 0 Å². The zero-order valence-corrected chi connectivity index (χ0v) is 22.9. The van der Waals surface area contributed by atoms with E-state index in [1.54, 1.807) is 28.6 Å². The lowest BCUT2D eigenvalue weighted by atomic mass is 9.79. The highest BCUT2D eigenvalue weighted by atomic mass is 32.2. The third-order valence-corrected chi connectivity index (χ3v) is 9.23. The van der Waals surface area contributed by atoms with Crippen LogP contribution in [0.4, 0.5) is 10.1 Å². The van der Waals surface area contributed by atoms with Gasteiger partial charge in [-0.1, -0.05) is 32.9 Å². The van der Waals surface area contributed by atoms with Crippen LogP contribution >= 0.6 is 0 Å². The number of nitrogens with zero attached hydrogens (tertiary/aromatic N) is 3. The molecular weight excluding hydrogens is 487 g/mol. The molecule has 1 atom stereocenters. The van der Waals surface area contributed by atoms with Gasteiger partial charge in [0.05, 0.1) is 16.3 Å². The van der Waals surface area contributed by atoms with Crippen molar-refractivity contribution in [1.82, 2.24) is 14.6 Å². The van der Waals surface area contributed by atoms with E-state index in [9.17, 15) is 12.8 Å². The van der Waals surface area contributed by atoms with Crippen LogP contribution in [0, 0.1) is 11.7 Å². The fourth-order valence-corrected chi connectivity index (χ4v) is 6.74. The molecule has 0 unspecified atom stereocenters. The van der Waals surface area contributed by atoms with E-state index < -0.39 is 10.0 Å². The van der Waals surface area contributed by atoms with Gasteiger partial charge in [-0.25, -0.2) is 12.8 Å². The fraction of sp³-hybridized carbons (Fsp3) is 0.379. The maximum atomic E-state index is 13.7. The Morgan fingerprint density at radius 2 is 1.73 bits per heavy atom. The molecule has 0 fully saturated rings.